The second-order valence-corrected chi connectivity index (χ2v) is 5.83. The molecular formula is C20H18O5. The topological polar surface area (TPSA) is 65.7 Å². The van der Waals surface area contributed by atoms with Crippen LogP contribution >= 0.6 is 0 Å². The van der Waals surface area contributed by atoms with Gasteiger partial charge < -0.3 is 13.9 Å². The van der Waals surface area contributed by atoms with Crippen molar-refractivity contribution in [3.05, 3.63) is 69.6 Å². The van der Waals surface area contributed by atoms with Crippen LogP contribution in [0, 0.1) is 13.8 Å². The van der Waals surface area contributed by atoms with Crippen molar-refractivity contribution in [2.45, 2.75) is 13.8 Å². The van der Waals surface area contributed by atoms with Crippen molar-refractivity contribution in [2.24, 2.45) is 0 Å². The summed E-state index contributed by atoms with van der Waals surface area (Å²) in [5.41, 5.74) is 2.18. The van der Waals surface area contributed by atoms with Gasteiger partial charge in [0.2, 0.25) is 0 Å². The van der Waals surface area contributed by atoms with Gasteiger partial charge in [-0.3, -0.25) is 4.79 Å². The minimum atomic E-state index is -0.408. The van der Waals surface area contributed by atoms with Crippen molar-refractivity contribution in [1.29, 1.82) is 0 Å². The summed E-state index contributed by atoms with van der Waals surface area (Å²) in [6, 6.07) is 11.9. The second-order valence-electron chi connectivity index (χ2n) is 5.83. The van der Waals surface area contributed by atoms with E-state index in [1.807, 2.05) is 19.9 Å². The Kier molecular flexibility index (Phi) is 4.57. The Morgan fingerprint density at radius 2 is 1.92 bits per heavy atom. The number of carbonyl (C=O) groups excluding carboxylic acids is 1. The molecule has 25 heavy (non-hydrogen) atoms. The molecule has 0 N–H and O–H groups in total. The Labute approximate surface area is 144 Å². The van der Waals surface area contributed by atoms with Crippen molar-refractivity contribution in [3.8, 4) is 11.5 Å². The zero-order valence-electron chi connectivity index (χ0n) is 14.3. The van der Waals surface area contributed by atoms with E-state index in [9.17, 15) is 9.59 Å². The van der Waals surface area contributed by atoms with Gasteiger partial charge >= 0.3 is 5.63 Å². The van der Waals surface area contributed by atoms with E-state index in [1.165, 1.54) is 6.07 Å². The van der Waals surface area contributed by atoms with E-state index in [4.69, 9.17) is 13.9 Å². The first-order valence-corrected chi connectivity index (χ1v) is 7.83. The quantitative estimate of drug-likeness (QED) is 0.524. The van der Waals surface area contributed by atoms with Crippen LogP contribution in [-0.4, -0.2) is 19.5 Å². The Bertz CT molecular complexity index is 1000. The normalized spacial score (nSPS) is 10.7. The number of ketones is 1. The number of methoxy groups -OCH3 is 1. The molecule has 0 bridgehead atoms. The lowest BCUT2D eigenvalue weighted by atomic mass is 10.1. The molecule has 0 fully saturated rings. The third-order valence-corrected chi connectivity index (χ3v) is 3.90. The van der Waals surface area contributed by atoms with Crippen LogP contribution in [0.1, 0.15) is 21.5 Å². The van der Waals surface area contributed by atoms with Gasteiger partial charge in [-0.25, -0.2) is 4.79 Å². The molecule has 0 saturated carbocycles. The smallest absolute Gasteiger partial charge is 0.336 e. The average molecular weight is 338 g/mol. The molecular weight excluding hydrogens is 320 g/mol. The lowest BCUT2D eigenvalue weighted by molar-refractivity contribution is 0.0922. The summed E-state index contributed by atoms with van der Waals surface area (Å²) >= 11 is 0. The minimum absolute atomic E-state index is 0.121. The molecule has 0 aliphatic carbocycles. The fourth-order valence-corrected chi connectivity index (χ4v) is 2.71. The highest BCUT2D eigenvalue weighted by Crippen LogP contribution is 2.29. The largest absolute Gasteiger partial charge is 0.497 e. The molecule has 3 aromatic rings. The summed E-state index contributed by atoms with van der Waals surface area (Å²) in [5.74, 6) is 0.973. The lowest BCUT2D eigenvalue weighted by Gasteiger charge is -2.11. The molecule has 1 heterocycles. The Morgan fingerprint density at radius 1 is 1.12 bits per heavy atom. The zero-order chi connectivity index (χ0) is 18.0. The highest BCUT2D eigenvalue weighted by Gasteiger charge is 2.13. The van der Waals surface area contributed by atoms with Crippen LogP contribution in [0.2, 0.25) is 0 Å². The SMILES string of the molecule is COc1cccc(C(=O)COc2cc(C)cc3oc(=O)cc(C)c23)c1. The van der Waals surface area contributed by atoms with Crippen LogP contribution in [0.4, 0.5) is 0 Å². The van der Waals surface area contributed by atoms with E-state index < -0.39 is 5.63 Å². The van der Waals surface area contributed by atoms with Crippen LogP contribution in [-0.2, 0) is 0 Å². The number of hydrogen-bond donors (Lipinski definition) is 0. The van der Waals surface area contributed by atoms with Gasteiger partial charge in [-0.2, -0.15) is 0 Å². The predicted octanol–water partition coefficient (Wildman–Crippen LogP) is 3.68. The molecule has 0 spiro atoms. The minimum Gasteiger partial charge on any atom is -0.497 e. The lowest BCUT2D eigenvalue weighted by Crippen LogP contribution is -2.12. The maximum Gasteiger partial charge on any atom is 0.336 e. The Morgan fingerprint density at radius 3 is 2.68 bits per heavy atom. The number of Topliss-reactive ketones (excluding diaryl/α,β-unsaturated/α-hetero) is 1. The third-order valence-electron chi connectivity index (χ3n) is 3.90. The third kappa shape index (κ3) is 3.55. The monoisotopic (exact) mass is 338 g/mol. The van der Waals surface area contributed by atoms with Crippen LogP contribution in [0.15, 0.2) is 51.7 Å². The molecule has 5 heteroatoms. The summed E-state index contributed by atoms with van der Waals surface area (Å²) in [7, 11) is 1.55. The van der Waals surface area contributed by atoms with Gasteiger partial charge in [0.25, 0.3) is 0 Å². The summed E-state index contributed by atoms with van der Waals surface area (Å²) in [6.45, 7) is 3.56. The summed E-state index contributed by atoms with van der Waals surface area (Å²) in [4.78, 5) is 24.0. The van der Waals surface area contributed by atoms with Crippen LogP contribution < -0.4 is 15.1 Å². The molecule has 0 saturated heterocycles. The van der Waals surface area contributed by atoms with Crippen molar-refractivity contribution in [1.82, 2.24) is 0 Å². The highest BCUT2D eigenvalue weighted by molar-refractivity contribution is 5.98. The number of aryl methyl sites for hydroxylation is 2. The van der Waals surface area contributed by atoms with Gasteiger partial charge in [0.1, 0.15) is 17.1 Å². The molecule has 128 valence electrons. The fourth-order valence-electron chi connectivity index (χ4n) is 2.71. The molecule has 3 rings (SSSR count). The number of rotatable bonds is 5. The molecule has 0 amide bonds. The average Bonchev–Trinajstić information content (AvgIpc) is 2.58. The Hall–Kier alpha value is -3.08. The molecule has 0 unspecified atom stereocenters. The van der Waals surface area contributed by atoms with Crippen molar-refractivity contribution < 1.29 is 18.7 Å². The Balaban J connectivity index is 1.90. The molecule has 1 aromatic heterocycles. The van der Waals surface area contributed by atoms with Gasteiger partial charge in [-0.05, 0) is 49.2 Å². The second kappa shape index (κ2) is 6.81. The van der Waals surface area contributed by atoms with Crippen molar-refractivity contribution in [2.75, 3.05) is 13.7 Å². The first kappa shape index (κ1) is 16.8. The maximum atomic E-state index is 12.4. The van der Waals surface area contributed by atoms with E-state index in [2.05, 4.69) is 0 Å². The summed E-state index contributed by atoms with van der Waals surface area (Å²) < 4.78 is 16.1. The number of fused-ring (bicyclic) bond motifs is 1. The van der Waals surface area contributed by atoms with Gasteiger partial charge in [-0.15, -0.1) is 0 Å². The first-order valence-electron chi connectivity index (χ1n) is 7.83. The molecule has 0 aliphatic heterocycles. The maximum absolute atomic E-state index is 12.4. The van der Waals surface area contributed by atoms with Gasteiger partial charge in [0.15, 0.2) is 12.4 Å². The van der Waals surface area contributed by atoms with Crippen LogP contribution in [0.3, 0.4) is 0 Å². The number of ether oxygens (including phenoxy) is 2. The van der Waals surface area contributed by atoms with Gasteiger partial charge in [0.05, 0.1) is 12.5 Å². The molecule has 0 atom stereocenters. The van der Waals surface area contributed by atoms with Gasteiger partial charge in [0, 0.05) is 11.6 Å². The fraction of sp³-hybridized carbons (Fsp3) is 0.200. The predicted molar refractivity (Wildman–Crippen MR) is 94.8 cm³/mol. The van der Waals surface area contributed by atoms with E-state index in [1.54, 1.807) is 37.4 Å². The van der Waals surface area contributed by atoms with Gasteiger partial charge in [-0.1, -0.05) is 12.1 Å². The number of carbonyl (C=O) groups is 1. The van der Waals surface area contributed by atoms with E-state index in [-0.39, 0.29) is 12.4 Å². The molecule has 2 aromatic carbocycles. The number of benzene rings is 2. The van der Waals surface area contributed by atoms with Crippen molar-refractivity contribution >= 4 is 16.8 Å². The molecule has 0 aliphatic rings. The summed E-state index contributed by atoms with van der Waals surface area (Å²) in [6.07, 6.45) is 0. The number of hydrogen-bond acceptors (Lipinski definition) is 5. The molecule has 0 radical (unpaired) electrons. The molecule has 5 nitrogen and oxygen atoms in total. The summed E-state index contributed by atoms with van der Waals surface area (Å²) in [5, 5.41) is 0.698. The first-order chi connectivity index (χ1) is 12.0. The highest BCUT2D eigenvalue weighted by atomic mass is 16.5. The standard InChI is InChI=1S/C20H18O5/c1-12-7-17(20-13(2)9-19(22)25-18(20)8-12)24-11-16(21)14-5-4-6-15(10-14)23-3/h4-10H,11H2,1-3H3. The van der Waals surface area contributed by atoms with Crippen LogP contribution in [0.5, 0.6) is 11.5 Å². The van der Waals surface area contributed by atoms with E-state index >= 15 is 0 Å². The van der Waals surface area contributed by atoms with E-state index in [0.29, 0.717) is 28.0 Å². The zero-order valence-corrected chi connectivity index (χ0v) is 14.3. The van der Waals surface area contributed by atoms with E-state index in [0.717, 1.165) is 11.1 Å². The van der Waals surface area contributed by atoms with Crippen molar-refractivity contribution in [3.63, 3.8) is 0 Å². The van der Waals surface area contributed by atoms with Crippen LogP contribution in [0.25, 0.3) is 11.0 Å².